The summed E-state index contributed by atoms with van der Waals surface area (Å²) in [5.74, 6) is 2.06. The lowest BCUT2D eigenvalue weighted by atomic mass is 9.83. The zero-order chi connectivity index (χ0) is 14.0. The number of hydrogen-bond donors (Lipinski definition) is 1. The molecule has 4 nitrogen and oxygen atoms in total. The number of nitrogens with one attached hydrogen (secondary N) is 1. The Kier molecular flexibility index (Phi) is 4.68. The van der Waals surface area contributed by atoms with Gasteiger partial charge in [0.15, 0.2) is 9.84 Å². The first-order valence-corrected chi connectivity index (χ1v) is 10.1. The Morgan fingerprint density at radius 2 is 1.90 bits per heavy atom. The van der Waals surface area contributed by atoms with Crippen molar-refractivity contribution in [3.8, 4) is 0 Å². The van der Waals surface area contributed by atoms with Gasteiger partial charge in [0.25, 0.3) is 0 Å². The van der Waals surface area contributed by atoms with Gasteiger partial charge in [0.1, 0.15) is 0 Å². The third-order valence-electron chi connectivity index (χ3n) is 5.35. The minimum absolute atomic E-state index is 0.380. The quantitative estimate of drug-likeness (QED) is 0.853. The number of hydrogen-bond acceptors (Lipinski definition) is 4. The van der Waals surface area contributed by atoms with Crippen LogP contribution in [0.4, 0.5) is 0 Å². The van der Waals surface area contributed by atoms with Crippen LogP contribution < -0.4 is 5.32 Å². The van der Waals surface area contributed by atoms with Gasteiger partial charge in [-0.2, -0.15) is 0 Å². The van der Waals surface area contributed by atoms with Crippen LogP contribution in [0.2, 0.25) is 0 Å². The highest BCUT2D eigenvalue weighted by Gasteiger charge is 2.32. The molecule has 1 saturated carbocycles. The van der Waals surface area contributed by atoms with Crippen molar-refractivity contribution < 1.29 is 8.42 Å². The Bertz CT molecular complexity index is 418. The maximum Gasteiger partial charge on any atom is 0.150 e. The van der Waals surface area contributed by atoms with Crippen LogP contribution in [0.1, 0.15) is 38.5 Å². The molecule has 0 amide bonds. The van der Waals surface area contributed by atoms with Crippen molar-refractivity contribution in [1.29, 1.82) is 0 Å². The van der Waals surface area contributed by atoms with Crippen molar-refractivity contribution in [3.05, 3.63) is 0 Å². The maximum absolute atomic E-state index is 11.6. The van der Waals surface area contributed by atoms with Crippen molar-refractivity contribution in [2.75, 3.05) is 37.7 Å². The molecule has 0 bridgehead atoms. The Labute approximate surface area is 123 Å². The van der Waals surface area contributed by atoms with Crippen LogP contribution in [-0.4, -0.2) is 57.0 Å². The fourth-order valence-electron chi connectivity index (χ4n) is 4.24. The van der Waals surface area contributed by atoms with E-state index in [2.05, 4.69) is 10.2 Å². The van der Waals surface area contributed by atoms with E-state index in [9.17, 15) is 8.42 Å². The first-order valence-electron chi connectivity index (χ1n) is 8.28. The summed E-state index contributed by atoms with van der Waals surface area (Å²) in [6.07, 6.45) is 7.83. The number of piperazine rings is 1. The van der Waals surface area contributed by atoms with E-state index in [4.69, 9.17) is 0 Å². The van der Waals surface area contributed by atoms with Gasteiger partial charge in [-0.3, -0.25) is 0 Å². The van der Waals surface area contributed by atoms with Gasteiger partial charge in [0.05, 0.1) is 11.5 Å². The second-order valence-corrected chi connectivity index (χ2v) is 9.22. The van der Waals surface area contributed by atoms with Gasteiger partial charge < -0.3 is 10.2 Å². The van der Waals surface area contributed by atoms with Crippen molar-refractivity contribution in [3.63, 3.8) is 0 Å². The van der Waals surface area contributed by atoms with Gasteiger partial charge in [0, 0.05) is 32.2 Å². The number of rotatable bonds is 3. The lowest BCUT2D eigenvalue weighted by molar-refractivity contribution is 0.134. The van der Waals surface area contributed by atoms with E-state index < -0.39 is 9.84 Å². The lowest BCUT2D eigenvalue weighted by Gasteiger charge is -2.40. The molecule has 5 heteroatoms. The van der Waals surface area contributed by atoms with Crippen LogP contribution >= 0.6 is 0 Å². The van der Waals surface area contributed by atoms with Gasteiger partial charge >= 0.3 is 0 Å². The molecule has 0 aromatic heterocycles. The minimum Gasteiger partial charge on any atom is -0.311 e. The Balaban J connectivity index is 1.50. The molecular formula is C15H28N2O2S. The van der Waals surface area contributed by atoms with Crippen LogP contribution in [0.15, 0.2) is 0 Å². The summed E-state index contributed by atoms with van der Waals surface area (Å²) in [7, 11) is -2.72. The summed E-state index contributed by atoms with van der Waals surface area (Å²) in [4.78, 5) is 2.52. The van der Waals surface area contributed by atoms with Crippen LogP contribution in [-0.2, 0) is 9.84 Å². The average Bonchev–Trinajstić information content (AvgIpc) is 2.79. The molecule has 3 fully saturated rings. The molecule has 0 radical (unpaired) electrons. The topological polar surface area (TPSA) is 49.4 Å². The third-order valence-corrected chi connectivity index (χ3v) is 7.19. The summed E-state index contributed by atoms with van der Waals surface area (Å²) in [6.45, 7) is 4.27. The summed E-state index contributed by atoms with van der Waals surface area (Å²) in [5.41, 5.74) is 0. The zero-order valence-corrected chi connectivity index (χ0v) is 13.2. The highest BCUT2D eigenvalue weighted by Crippen LogP contribution is 2.28. The molecule has 1 aliphatic carbocycles. The predicted octanol–water partition coefficient (Wildman–Crippen LogP) is 1.28. The molecular weight excluding hydrogens is 272 g/mol. The highest BCUT2D eigenvalue weighted by atomic mass is 32.2. The molecule has 2 atom stereocenters. The molecule has 1 N–H and O–H groups in total. The Morgan fingerprint density at radius 1 is 1.10 bits per heavy atom. The summed E-state index contributed by atoms with van der Waals surface area (Å²) in [5, 5.41) is 3.70. The number of nitrogens with zero attached hydrogens (tertiary/aromatic N) is 1. The molecule has 0 aromatic rings. The second kappa shape index (κ2) is 6.32. The predicted molar refractivity (Wildman–Crippen MR) is 81.6 cm³/mol. The minimum atomic E-state index is -2.72. The van der Waals surface area contributed by atoms with Crippen molar-refractivity contribution in [1.82, 2.24) is 10.2 Å². The van der Waals surface area contributed by atoms with Crippen LogP contribution in [0.3, 0.4) is 0 Å². The maximum atomic E-state index is 11.6. The second-order valence-electron chi connectivity index (χ2n) is 6.99. The summed E-state index contributed by atoms with van der Waals surface area (Å²) >= 11 is 0. The molecule has 3 rings (SSSR count). The zero-order valence-electron chi connectivity index (χ0n) is 12.4. The van der Waals surface area contributed by atoms with E-state index in [1.807, 2.05) is 0 Å². The molecule has 0 aromatic carbocycles. The van der Waals surface area contributed by atoms with E-state index in [-0.39, 0.29) is 0 Å². The van der Waals surface area contributed by atoms with E-state index in [1.54, 1.807) is 0 Å². The van der Waals surface area contributed by atoms with Crippen LogP contribution in [0.5, 0.6) is 0 Å². The first kappa shape index (κ1) is 14.8. The summed E-state index contributed by atoms with van der Waals surface area (Å²) in [6, 6.07) is 0.641. The molecule has 3 aliphatic rings. The fourth-order valence-corrected chi connectivity index (χ4v) is 6.09. The molecule has 2 aliphatic heterocycles. The van der Waals surface area contributed by atoms with Gasteiger partial charge in [-0.1, -0.05) is 19.3 Å². The number of sulfone groups is 1. The Morgan fingerprint density at radius 3 is 2.60 bits per heavy atom. The third kappa shape index (κ3) is 3.74. The first-order chi connectivity index (χ1) is 9.62. The van der Waals surface area contributed by atoms with E-state index >= 15 is 0 Å². The molecule has 20 heavy (non-hydrogen) atoms. The monoisotopic (exact) mass is 300 g/mol. The van der Waals surface area contributed by atoms with E-state index in [0.29, 0.717) is 23.5 Å². The fraction of sp³-hybridized carbons (Fsp3) is 1.00. The van der Waals surface area contributed by atoms with Gasteiger partial charge in [-0.15, -0.1) is 0 Å². The van der Waals surface area contributed by atoms with Crippen molar-refractivity contribution in [2.24, 2.45) is 11.8 Å². The van der Waals surface area contributed by atoms with Crippen molar-refractivity contribution in [2.45, 2.75) is 44.6 Å². The molecule has 0 spiro atoms. The lowest BCUT2D eigenvalue weighted by Crippen LogP contribution is -2.54. The van der Waals surface area contributed by atoms with Crippen LogP contribution in [0.25, 0.3) is 0 Å². The van der Waals surface area contributed by atoms with Gasteiger partial charge in [0.2, 0.25) is 0 Å². The molecule has 116 valence electrons. The Hall–Kier alpha value is -0.130. The normalized spacial score (nSPS) is 36.2. The standard InChI is InChI=1S/C15H28N2O2S/c18-20(19)9-6-13(12-20)10-17-8-7-16-15(11-17)14-4-2-1-3-5-14/h13-16H,1-12H2. The largest absolute Gasteiger partial charge is 0.311 e. The average molecular weight is 300 g/mol. The summed E-state index contributed by atoms with van der Waals surface area (Å²) < 4.78 is 23.1. The highest BCUT2D eigenvalue weighted by molar-refractivity contribution is 7.91. The van der Waals surface area contributed by atoms with Gasteiger partial charge in [-0.25, -0.2) is 8.42 Å². The smallest absolute Gasteiger partial charge is 0.150 e. The van der Waals surface area contributed by atoms with Crippen LogP contribution in [0, 0.1) is 11.8 Å². The van der Waals surface area contributed by atoms with E-state index in [0.717, 1.165) is 38.5 Å². The SMILES string of the molecule is O=S1(=O)CCC(CN2CCNC(C3CCCCC3)C2)C1. The molecule has 2 heterocycles. The van der Waals surface area contributed by atoms with E-state index in [1.165, 1.54) is 32.1 Å². The molecule has 2 saturated heterocycles. The molecule has 2 unspecified atom stereocenters. The van der Waals surface area contributed by atoms with Crippen molar-refractivity contribution >= 4 is 9.84 Å². The van der Waals surface area contributed by atoms with Gasteiger partial charge in [-0.05, 0) is 31.1 Å².